The van der Waals surface area contributed by atoms with Crippen LogP contribution in [0.2, 0.25) is 0 Å². The number of aromatic nitrogens is 2. The number of carbonyl (C=O) groups excluding carboxylic acids is 1. The summed E-state index contributed by atoms with van der Waals surface area (Å²) in [6.45, 7) is 0. The Morgan fingerprint density at radius 3 is 2.43 bits per heavy atom. The number of hydrogen-bond acceptors (Lipinski definition) is 3. The zero-order chi connectivity index (χ0) is 16.2. The Morgan fingerprint density at radius 2 is 1.78 bits per heavy atom. The maximum atomic E-state index is 12.4. The highest BCUT2D eigenvalue weighted by atomic mass is 16.5. The van der Waals surface area contributed by atoms with Gasteiger partial charge in [-0.3, -0.25) is 9.48 Å². The molecule has 0 unspecified atom stereocenters. The molecule has 1 heterocycles. The van der Waals surface area contributed by atoms with Crippen molar-refractivity contribution in [1.29, 1.82) is 0 Å². The van der Waals surface area contributed by atoms with Crippen LogP contribution in [0.25, 0.3) is 11.3 Å². The molecule has 0 aliphatic rings. The zero-order valence-corrected chi connectivity index (χ0v) is 13.0. The van der Waals surface area contributed by atoms with Gasteiger partial charge in [0.15, 0.2) is 0 Å². The molecule has 23 heavy (non-hydrogen) atoms. The van der Waals surface area contributed by atoms with Crippen molar-refractivity contribution in [3.63, 3.8) is 0 Å². The van der Waals surface area contributed by atoms with Crippen LogP contribution in [0.15, 0.2) is 60.7 Å². The van der Waals surface area contributed by atoms with Crippen LogP contribution in [0.5, 0.6) is 5.75 Å². The van der Waals surface area contributed by atoms with Crippen LogP contribution in [0.1, 0.15) is 10.5 Å². The van der Waals surface area contributed by atoms with Crippen molar-refractivity contribution in [3.05, 3.63) is 66.4 Å². The smallest absolute Gasteiger partial charge is 0.273 e. The first-order chi connectivity index (χ1) is 11.2. The van der Waals surface area contributed by atoms with Crippen LogP contribution in [0.3, 0.4) is 0 Å². The number of rotatable bonds is 4. The molecule has 0 fully saturated rings. The molecule has 116 valence electrons. The van der Waals surface area contributed by atoms with Gasteiger partial charge in [0.2, 0.25) is 0 Å². The van der Waals surface area contributed by atoms with E-state index in [0.29, 0.717) is 5.69 Å². The summed E-state index contributed by atoms with van der Waals surface area (Å²) in [5.41, 5.74) is 2.93. The van der Waals surface area contributed by atoms with Crippen LogP contribution in [-0.4, -0.2) is 22.8 Å². The standard InChI is InChI=1S/C18H17N3O2/c1-21-17(18(22)19-14-6-4-3-5-7-14)12-16(20-21)13-8-10-15(23-2)11-9-13/h3-12H,1-2H3,(H,19,22). The van der Waals surface area contributed by atoms with Gasteiger partial charge >= 0.3 is 0 Å². The van der Waals surface area contributed by atoms with Crippen molar-refractivity contribution in [1.82, 2.24) is 9.78 Å². The number of nitrogens with zero attached hydrogens (tertiary/aromatic N) is 2. The number of anilines is 1. The second kappa shape index (κ2) is 6.36. The van der Waals surface area contributed by atoms with Gasteiger partial charge in [-0.1, -0.05) is 18.2 Å². The van der Waals surface area contributed by atoms with Gasteiger partial charge in [0, 0.05) is 18.3 Å². The highest BCUT2D eigenvalue weighted by Gasteiger charge is 2.14. The van der Waals surface area contributed by atoms with E-state index < -0.39 is 0 Å². The van der Waals surface area contributed by atoms with Crippen LogP contribution < -0.4 is 10.1 Å². The van der Waals surface area contributed by atoms with E-state index in [2.05, 4.69) is 10.4 Å². The van der Waals surface area contributed by atoms with Gasteiger partial charge in [0.25, 0.3) is 5.91 Å². The SMILES string of the molecule is COc1ccc(-c2cc(C(=O)Nc3ccccc3)n(C)n2)cc1. The highest BCUT2D eigenvalue weighted by Crippen LogP contribution is 2.22. The maximum absolute atomic E-state index is 12.4. The fraction of sp³-hybridized carbons (Fsp3) is 0.111. The third-order valence-electron chi connectivity index (χ3n) is 3.53. The molecule has 1 amide bonds. The van der Waals surface area contributed by atoms with Crippen molar-refractivity contribution in [2.75, 3.05) is 12.4 Å². The minimum Gasteiger partial charge on any atom is -0.497 e. The largest absolute Gasteiger partial charge is 0.497 e. The number of benzene rings is 2. The molecule has 2 aromatic carbocycles. The molecule has 0 saturated heterocycles. The van der Waals surface area contributed by atoms with Crippen molar-refractivity contribution in [2.24, 2.45) is 7.05 Å². The number of amides is 1. The zero-order valence-electron chi connectivity index (χ0n) is 13.0. The van der Waals surface area contributed by atoms with E-state index in [1.54, 1.807) is 24.9 Å². The lowest BCUT2D eigenvalue weighted by atomic mass is 10.1. The van der Waals surface area contributed by atoms with Crippen molar-refractivity contribution < 1.29 is 9.53 Å². The molecule has 5 nitrogen and oxygen atoms in total. The van der Waals surface area contributed by atoms with Gasteiger partial charge in [-0.15, -0.1) is 0 Å². The minimum atomic E-state index is -0.189. The lowest BCUT2D eigenvalue weighted by Crippen LogP contribution is -2.15. The first-order valence-electron chi connectivity index (χ1n) is 7.22. The van der Waals surface area contributed by atoms with E-state index in [4.69, 9.17) is 4.74 Å². The molecule has 0 atom stereocenters. The third kappa shape index (κ3) is 3.23. The lowest BCUT2D eigenvalue weighted by molar-refractivity contribution is 0.101. The summed E-state index contributed by atoms with van der Waals surface area (Å²) in [7, 11) is 3.38. The topological polar surface area (TPSA) is 56.1 Å². The fourth-order valence-corrected chi connectivity index (χ4v) is 2.30. The van der Waals surface area contributed by atoms with Crippen molar-refractivity contribution in [2.45, 2.75) is 0 Å². The van der Waals surface area contributed by atoms with Gasteiger partial charge < -0.3 is 10.1 Å². The fourth-order valence-electron chi connectivity index (χ4n) is 2.30. The third-order valence-corrected chi connectivity index (χ3v) is 3.53. The second-order valence-electron chi connectivity index (χ2n) is 5.09. The summed E-state index contributed by atoms with van der Waals surface area (Å²) in [4.78, 5) is 12.4. The van der Waals surface area contributed by atoms with Gasteiger partial charge in [0.1, 0.15) is 11.4 Å². The van der Waals surface area contributed by atoms with E-state index in [0.717, 1.165) is 22.7 Å². The maximum Gasteiger partial charge on any atom is 0.273 e. The first-order valence-corrected chi connectivity index (χ1v) is 7.22. The number of nitrogens with one attached hydrogen (secondary N) is 1. The lowest BCUT2D eigenvalue weighted by Gasteiger charge is -2.04. The monoisotopic (exact) mass is 307 g/mol. The Kier molecular flexibility index (Phi) is 4.10. The van der Waals surface area contributed by atoms with Crippen molar-refractivity contribution in [3.8, 4) is 17.0 Å². The number of para-hydroxylation sites is 1. The molecule has 0 saturated carbocycles. The Labute approximate surface area is 134 Å². The van der Waals surface area contributed by atoms with E-state index in [1.807, 2.05) is 54.6 Å². The Hall–Kier alpha value is -3.08. The molecule has 0 bridgehead atoms. The number of carbonyl (C=O) groups is 1. The van der Waals surface area contributed by atoms with Gasteiger partial charge in [-0.2, -0.15) is 5.10 Å². The summed E-state index contributed by atoms with van der Waals surface area (Å²) in [6.07, 6.45) is 0. The summed E-state index contributed by atoms with van der Waals surface area (Å²) >= 11 is 0. The molecule has 5 heteroatoms. The van der Waals surface area contributed by atoms with Gasteiger partial charge in [-0.05, 0) is 42.5 Å². The quantitative estimate of drug-likeness (QED) is 0.804. The normalized spacial score (nSPS) is 10.3. The van der Waals surface area contributed by atoms with Gasteiger partial charge in [0.05, 0.1) is 12.8 Å². The Morgan fingerprint density at radius 1 is 1.09 bits per heavy atom. The number of ether oxygens (including phenoxy) is 1. The Balaban J connectivity index is 1.84. The second-order valence-corrected chi connectivity index (χ2v) is 5.09. The predicted molar refractivity (Wildman–Crippen MR) is 89.6 cm³/mol. The predicted octanol–water partition coefficient (Wildman–Crippen LogP) is 3.35. The summed E-state index contributed by atoms with van der Waals surface area (Å²) in [6, 6.07) is 18.7. The number of aryl methyl sites for hydroxylation is 1. The number of hydrogen-bond donors (Lipinski definition) is 1. The van der Waals surface area contributed by atoms with E-state index in [-0.39, 0.29) is 5.91 Å². The average molecular weight is 307 g/mol. The molecule has 1 aromatic heterocycles. The van der Waals surface area contributed by atoms with E-state index in [1.165, 1.54) is 0 Å². The molecule has 0 spiro atoms. The minimum absolute atomic E-state index is 0.189. The first kappa shape index (κ1) is 14.8. The average Bonchev–Trinajstić information content (AvgIpc) is 2.98. The molecule has 0 radical (unpaired) electrons. The summed E-state index contributed by atoms with van der Waals surface area (Å²) in [5.74, 6) is 0.595. The van der Waals surface area contributed by atoms with Crippen LogP contribution in [0.4, 0.5) is 5.69 Å². The van der Waals surface area contributed by atoms with Crippen LogP contribution in [-0.2, 0) is 7.05 Å². The van der Waals surface area contributed by atoms with Crippen LogP contribution in [0, 0.1) is 0 Å². The molecule has 3 rings (SSSR count). The van der Waals surface area contributed by atoms with Gasteiger partial charge in [-0.25, -0.2) is 0 Å². The summed E-state index contributed by atoms with van der Waals surface area (Å²) < 4.78 is 6.73. The summed E-state index contributed by atoms with van der Waals surface area (Å²) in [5, 5.41) is 7.28. The van der Waals surface area contributed by atoms with E-state index in [9.17, 15) is 4.79 Å². The van der Waals surface area contributed by atoms with E-state index >= 15 is 0 Å². The number of methoxy groups -OCH3 is 1. The molecular formula is C18H17N3O2. The molecule has 0 aliphatic carbocycles. The van der Waals surface area contributed by atoms with Crippen LogP contribution >= 0.6 is 0 Å². The van der Waals surface area contributed by atoms with Crippen molar-refractivity contribution >= 4 is 11.6 Å². The highest BCUT2D eigenvalue weighted by molar-refractivity contribution is 6.03. The molecule has 1 N–H and O–H groups in total. The molecule has 3 aromatic rings. The molecular weight excluding hydrogens is 290 g/mol. The molecule has 0 aliphatic heterocycles. The Bertz CT molecular complexity index is 808.